The smallest absolute Gasteiger partial charge is 0.322 e. The first-order valence-corrected chi connectivity index (χ1v) is 10.7. The number of nitrogens with zero attached hydrogens (tertiary/aromatic N) is 6. The second-order valence-corrected chi connectivity index (χ2v) is 8.12. The van der Waals surface area contributed by atoms with Gasteiger partial charge in [0.1, 0.15) is 5.69 Å². The topological polar surface area (TPSA) is 117 Å². The highest BCUT2D eigenvalue weighted by atomic mass is 19.4. The van der Waals surface area contributed by atoms with Crippen molar-refractivity contribution in [3.63, 3.8) is 0 Å². The van der Waals surface area contributed by atoms with E-state index in [4.69, 9.17) is 5.26 Å². The Balaban J connectivity index is 1.53. The number of alkyl halides is 3. The molecule has 3 heterocycles. The number of nitrogens with one attached hydrogen (secondary N) is 1. The maximum atomic E-state index is 13.4. The molecule has 12 heteroatoms. The zero-order valence-corrected chi connectivity index (χ0v) is 18.6. The van der Waals surface area contributed by atoms with Crippen LogP contribution in [-0.4, -0.2) is 43.8 Å². The van der Waals surface area contributed by atoms with E-state index in [9.17, 15) is 22.8 Å². The number of fused-ring (bicyclic) bond motifs is 1. The van der Waals surface area contributed by atoms with E-state index in [-0.39, 0.29) is 42.6 Å². The van der Waals surface area contributed by atoms with Crippen LogP contribution >= 0.6 is 0 Å². The summed E-state index contributed by atoms with van der Waals surface area (Å²) in [7, 11) is 0. The molecule has 1 aromatic carbocycles. The van der Waals surface area contributed by atoms with Crippen LogP contribution in [0.25, 0.3) is 0 Å². The molecule has 0 fully saturated rings. The molecule has 1 aliphatic rings. The van der Waals surface area contributed by atoms with Gasteiger partial charge in [0.05, 0.1) is 36.0 Å². The van der Waals surface area contributed by atoms with E-state index in [0.29, 0.717) is 16.8 Å². The lowest BCUT2D eigenvalue weighted by molar-refractivity contribution is -0.135. The third kappa shape index (κ3) is 5.29. The van der Waals surface area contributed by atoms with Crippen LogP contribution in [0.2, 0.25) is 0 Å². The number of halogens is 3. The molecule has 1 aliphatic heterocycles. The summed E-state index contributed by atoms with van der Waals surface area (Å²) in [6, 6.07) is 7.96. The van der Waals surface area contributed by atoms with Crippen LogP contribution in [0.15, 0.2) is 42.9 Å². The number of nitriles is 1. The third-order valence-corrected chi connectivity index (χ3v) is 5.47. The van der Waals surface area contributed by atoms with Crippen molar-refractivity contribution in [2.24, 2.45) is 0 Å². The Hall–Kier alpha value is -4.27. The van der Waals surface area contributed by atoms with Crippen molar-refractivity contribution < 1.29 is 22.8 Å². The lowest BCUT2D eigenvalue weighted by Crippen LogP contribution is -2.48. The van der Waals surface area contributed by atoms with Crippen LogP contribution in [0.1, 0.15) is 51.7 Å². The SMILES string of the molecule is C[C@H]1Cn2ncc(C(=O)Nc3cccc(C#N)c3)c2C(=O)N1c1ncc(CCCC(F)(F)F)cn1. The first-order chi connectivity index (χ1) is 16.7. The van der Waals surface area contributed by atoms with Crippen molar-refractivity contribution in [3.05, 3.63) is 65.2 Å². The normalized spacial score (nSPS) is 15.5. The van der Waals surface area contributed by atoms with Gasteiger partial charge in [-0.25, -0.2) is 9.97 Å². The molecule has 0 radical (unpaired) electrons. The molecule has 1 atom stereocenters. The number of hydrogen-bond acceptors (Lipinski definition) is 6. The van der Waals surface area contributed by atoms with Gasteiger partial charge in [-0.1, -0.05) is 6.07 Å². The van der Waals surface area contributed by atoms with E-state index in [0.717, 1.165) is 0 Å². The molecule has 0 saturated heterocycles. The molecule has 2 aromatic heterocycles. The van der Waals surface area contributed by atoms with Crippen LogP contribution < -0.4 is 10.2 Å². The van der Waals surface area contributed by atoms with Gasteiger partial charge in [0.25, 0.3) is 11.8 Å². The van der Waals surface area contributed by atoms with Gasteiger partial charge >= 0.3 is 6.18 Å². The molecular weight excluding hydrogens is 463 g/mol. The largest absolute Gasteiger partial charge is 0.389 e. The summed E-state index contributed by atoms with van der Waals surface area (Å²) in [6.45, 7) is 2.06. The maximum absolute atomic E-state index is 13.4. The molecule has 35 heavy (non-hydrogen) atoms. The Bertz CT molecular complexity index is 1300. The highest BCUT2D eigenvalue weighted by Crippen LogP contribution is 2.26. The molecule has 9 nitrogen and oxygen atoms in total. The fourth-order valence-electron chi connectivity index (χ4n) is 3.81. The van der Waals surface area contributed by atoms with Gasteiger partial charge in [0, 0.05) is 24.5 Å². The van der Waals surface area contributed by atoms with Gasteiger partial charge < -0.3 is 5.32 Å². The first kappa shape index (κ1) is 23.9. The lowest BCUT2D eigenvalue weighted by Gasteiger charge is -2.32. The van der Waals surface area contributed by atoms with Gasteiger partial charge in [-0.3, -0.25) is 19.2 Å². The Kier molecular flexibility index (Phi) is 6.50. The molecular formula is C23H20F3N7O2. The summed E-state index contributed by atoms with van der Waals surface area (Å²) in [6.07, 6.45) is -0.931. The average molecular weight is 483 g/mol. The number of aryl methyl sites for hydroxylation is 1. The highest BCUT2D eigenvalue weighted by molar-refractivity contribution is 6.15. The molecule has 0 unspecified atom stereocenters. The van der Waals surface area contributed by atoms with Gasteiger partial charge in [0.2, 0.25) is 5.95 Å². The molecule has 1 N–H and O–H groups in total. The summed E-state index contributed by atoms with van der Waals surface area (Å²) in [5, 5.41) is 15.9. The van der Waals surface area contributed by atoms with Crippen molar-refractivity contribution in [1.82, 2.24) is 19.7 Å². The van der Waals surface area contributed by atoms with E-state index in [1.165, 1.54) is 34.2 Å². The predicted molar refractivity (Wildman–Crippen MR) is 119 cm³/mol. The van der Waals surface area contributed by atoms with E-state index < -0.39 is 24.4 Å². The molecule has 0 aliphatic carbocycles. The van der Waals surface area contributed by atoms with Crippen molar-refractivity contribution in [2.75, 3.05) is 10.2 Å². The van der Waals surface area contributed by atoms with Gasteiger partial charge in [-0.2, -0.15) is 23.5 Å². The van der Waals surface area contributed by atoms with Crippen LogP contribution in [0.5, 0.6) is 0 Å². The predicted octanol–water partition coefficient (Wildman–Crippen LogP) is 3.73. The summed E-state index contributed by atoms with van der Waals surface area (Å²) in [4.78, 5) is 36.0. The number of aromatic nitrogens is 4. The Labute approximate surface area is 198 Å². The Morgan fingerprint density at radius 1 is 1.26 bits per heavy atom. The minimum absolute atomic E-state index is 0.0537. The van der Waals surface area contributed by atoms with Crippen LogP contribution in [0.3, 0.4) is 0 Å². The minimum Gasteiger partial charge on any atom is -0.322 e. The van der Waals surface area contributed by atoms with Gasteiger partial charge in [0.15, 0.2) is 0 Å². The molecule has 180 valence electrons. The Morgan fingerprint density at radius 2 is 2.00 bits per heavy atom. The zero-order chi connectivity index (χ0) is 25.2. The number of hydrogen-bond donors (Lipinski definition) is 1. The molecule has 3 aromatic rings. The second-order valence-electron chi connectivity index (χ2n) is 8.12. The van der Waals surface area contributed by atoms with Crippen molar-refractivity contribution >= 4 is 23.5 Å². The summed E-state index contributed by atoms with van der Waals surface area (Å²) >= 11 is 0. The van der Waals surface area contributed by atoms with E-state index >= 15 is 0 Å². The summed E-state index contributed by atoms with van der Waals surface area (Å²) in [5.74, 6) is -1.00. The number of amides is 2. The van der Waals surface area contributed by atoms with Crippen LogP contribution in [0.4, 0.5) is 24.8 Å². The van der Waals surface area contributed by atoms with Crippen molar-refractivity contribution in [1.29, 1.82) is 5.26 Å². The average Bonchev–Trinajstić information content (AvgIpc) is 3.23. The Morgan fingerprint density at radius 3 is 2.69 bits per heavy atom. The number of carbonyl (C=O) groups is 2. The van der Waals surface area contributed by atoms with Gasteiger partial charge in [-0.05, 0) is 43.5 Å². The monoisotopic (exact) mass is 483 g/mol. The van der Waals surface area contributed by atoms with Crippen molar-refractivity contribution in [2.45, 2.75) is 44.9 Å². The van der Waals surface area contributed by atoms with E-state index in [2.05, 4.69) is 20.4 Å². The molecule has 0 spiro atoms. The third-order valence-electron chi connectivity index (χ3n) is 5.47. The molecule has 2 amide bonds. The molecule has 0 saturated carbocycles. The number of benzene rings is 1. The number of rotatable bonds is 6. The lowest BCUT2D eigenvalue weighted by atomic mass is 10.1. The minimum atomic E-state index is -4.22. The number of anilines is 2. The van der Waals surface area contributed by atoms with Crippen LogP contribution in [-0.2, 0) is 13.0 Å². The standard InChI is InChI=1S/C23H20F3N7O2/c1-14-13-32-19(18(12-30-32)20(34)31-17-6-2-4-15(8-17)9-27)21(35)33(14)22-28-10-16(11-29-22)5-3-7-23(24,25)26/h2,4,6,8,10-12,14H,3,5,7,13H2,1H3,(H,31,34)/t14-/m0/s1. The first-order valence-electron chi connectivity index (χ1n) is 10.7. The maximum Gasteiger partial charge on any atom is 0.389 e. The fraction of sp³-hybridized carbons (Fsp3) is 0.304. The molecule has 0 bridgehead atoms. The summed E-state index contributed by atoms with van der Waals surface area (Å²) < 4.78 is 38.5. The van der Waals surface area contributed by atoms with Crippen molar-refractivity contribution in [3.8, 4) is 6.07 Å². The van der Waals surface area contributed by atoms with Gasteiger partial charge in [-0.15, -0.1) is 0 Å². The molecule has 4 rings (SSSR count). The quantitative estimate of drug-likeness (QED) is 0.571. The van der Waals surface area contributed by atoms with E-state index in [1.807, 2.05) is 6.07 Å². The summed E-state index contributed by atoms with van der Waals surface area (Å²) in [5.41, 5.74) is 1.41. The van der Waals surface area contributed by atoms with Crippen LogP contribution in [0, 0.1) is 11.3 Å². The van der Waals surface area contributed by atoms with E-state index in [1.54, 1.807) is 25.1 Å². The fourth-order valence-corrected chi connectivity index (χ4v) is 3.81. The number of carbonyl (C=O) groups excluding carboxylic acids is 2. The zero-order valence-electron chi connectivity index (χ0n) is 18.6. The second kappa shape index (κ2) is 9.54. The highest BCUT2D eigenvalue weighted by Gasteiger charge is 2.37.